The molecule has 19 heavy (non-hydrogen) atoms. The highest BCUT2D eigenvalue weighted by Crippen LogP contribution is 2.27. The maximum absolute atomic E-state index is 5.79. The maximum Gasteiger partial charge on any atom is 0.134 e. The van der Waals surface area contributed by atoms with Crippen LogP contribution in [0.5, 0.6) is 5.75 Å². The molecule has 2 aromatic rings. The topological polar surface area (TPSA) is 35.2 Å². The minimum atomic E-state index is 0.546. The summed E-state index contributed by atoms with van der Waals surface area (Å²) in [4.78, 5) is 0. The third-order valence-corrected chi connectivity index (χ3v) is 3.26. The molecule has 0 aromatic heterocycles. The molecule has 0 atom stereocenters. The van der Waals surface area contributed by atoms with Gasteiger partial charge in [0, 0.05) is 6.54 Å². The Balaban J connectivity index is 2.03. The number of halogens is 1. The summed E-state index contributed by atoms with van der Waals surface area (Å²) in [6.45, 7) is 1.11. The van der Waals surface area contributed by atoms with Gasteiger partial charge in [0.1, 0.15) is 12.4 Å². The van der Waals surface area contributed by atoms with Crippen molar-refractivity contribution in [2.45, 2.75) is 6.61 Å². The van der Waals surface area contributed by atoms with E-state index in [1.807, 2.05) is 60.7 Å². The monoisotopic (exact) mass is 317 g/mol. The molecule has 2 N–H and O–H groups in total. The molecule has 2 aromatic carbocycles. The predicted molar refractivity (Wildman–Crippen MR) is 83.0 cm³/mol. The molecular formula is C16H16BrNO. The van der Waals surface area contributed by atoms with Crippen LogP contribution < -0.4 is 10.5 Å². The summed E-state index contributed by atoms with van der Waals surface area (Å²) in [5.41, 5.74) is 7.69. The molecule has 0 saturated carbocycles. The summed E-state index contributed by atoms with van der Waals surface area (Å²) in [5.74, 6) is 0.841. The van der Waals surface area contributed by atoms with Crippen LogP contribution in [0.1, 0.15) is 11.1 Å². The number of ether oxygens (including phenoxy) is 1. The van der Waals surface area contributed by atoms with Crippen LogP contribution in [0.4, 0.5) is 0 Å². The number of rotatable bonds is 5. The molecule has 0 fully saturated rings. The molecule has 0 bridgehead atoms. The van der Waals surface area contributed by atoms with Gasteiger partial charge in [-0.25, -0.2) is 0 Å². The van der Waals surface area contributed by atoms with Gasteiger partial charge in [0.15, 0.2) is 0 Å². The first kappa shape index (κ1) is 13.8. The first-order valence-corrected chi connectivity index (χ1v) is 6.92. The fraction of sp³-hybridized carbons (Fsp3) is 0.125. The fourth-order valence-electron chi connectivity index (χ4n) is 1.68. The third-order valence-electron chi connectivity index (χ3n) is 2.64. The molecule has 98 valence electrons. The maximum atomic E-state index is 5.79. The van der Waals surface area contributed by atoms with E-state index in [1.54, 1.807) is 0 Å². The Bertz CT molecular complexity index is 552. The summed E-state index contributed by atoms with van der Waals surface area (Å²) < 4.78 is 6.73. The summed E-state index contributed by atoms with van der Waals surface area (Å²) in [5, 5.41) is 0. The molecule has 0 aliphatic rings. The van der Waals surface area contributed by atoms with E-state index in [0.29, 0.717) is 13.2 Å². The van der Waals surface area contributed by atoms with Crippen molar-refractivity contribution in [2.75, 3.05) is 6.54 Å². The summed E-state index contributed by atoms with van der Waals surface area (Å²) in [6.07, 6.45) is 3.91. The van der Waals surface area contributed by atoms with Crippen LogP contribution in [0, 0.1) is 0 Å². The lowest BCUT2D eigenvalue weighted by Gasteiger charge is -2.09. The van der Waals surface area contributed by atoms with Gasteiger partial charge < -0.3 is 10.5 Å². The van der Waals surface area contributed by atoms with Crippen LogP contribution in [-0.2, 0) is 6.61 Å². The Labute approximate surface area is 122 Å². The molecular weight excluding hydrogens is 302 g/mol. The number of hydrogen-bond donors (Lipinski definition) is 1. The Morgan fingerprint density at radius 3 is 2.58 bits per heavy atom. The van der Waals surface area contributed by atoms with E-state index in [0.717, 1.165) is 21.3 Å². The van der Waals surface area contributed by atoms with Gasteiger partial charge in [-0.2, -0.15) is 0 Å². The zero-order valence-electron chi connectivity index (χ0n) is 10.6. The quantitative estimate of drug-likeness (QED) is 0.904. The van der Waals surface area contributed by atoms with Gasteiger partial charge in [-0.1, -0.05) is 48.6 Å². The second kappa shape index (κ2) is 7.12. The summed E-state index contributed by atoms with van der Waals surface area (Å²) in [6, 6.07) is 16.1. The van der Waals surface area contributed by atoms with E-state index in [-0.39, 0.29) is 0 Å². The van der Waals surface area contributed by atoms with Crippen molar-refractivity contribution in [2.24, 2.45) is 5.73 Å². The number of nitrogens with two attached hydrogens (primary N) is 1. The Morgan fingerprint density at radius 2 is 1.89 bits per heavy atom. The molecule has 0 heterocycles. The van der Waals surface area contributed by atoms with Crippen LogP contribution >= 0.6 is 15.9 Å². The smallest absolute Gasteiger partial charge is 0.134 e. The van der Waals surface area contributed by atoms with Gasteiger partial charge in [0.05, 0.1) is 4.47 Å². The molecule has 0 saturated heterocycles. The van der Waals surface area contributed by atoms with Crippen LogP contribution in [-0.4, -0.2) is 6.54 Å². The average molecular weight is 318 g/mol. The molecule has 2 nitrogen and oxygen atoms in total. The average Bonchev–Trinajstić information content (AvgIpc) is 2.45. The second-order valence-electron chi connectivity index (χ2n) is 4.10. The molecule has 0 unspecified atom stereocenters. The van der Waals surface area contributed by atoms with Gasteiger partial charge in [0.2, 0.25) is 0 Å². The van der Waals surface area contributed by atoms with Crippen molar-refractivity contribution in [3.8, 4) is 5.75 Å². The van der Waals surface area contributed by atoms with Gasteiger partial charge >= 0.3 is 0 Å². The van der Waals surface area contributed by atoms with E-state index in [4.69, 9.17) is 10.5 Å². The van der Waals surface area contributed by atoms with E-state index >= 15 is 0 Å². The number of hydrogen-bond acceptors (Lipinski definition) is 2. The van der Waals surface area contributed by atoms with E-state index in [9.17, 15) is 0 Å². The van der Waals surface area contributed by atoms with Gasteiger partial charge in [0.25, 0.3) is 0 Å². The van der Waals surface area contributed by atoms with Gasteiger partial charge in [-0.15, -0.1) is 0 Å². The van der Waals surface area contributed by atoms with E-state index in [1.165, 1.54) is 0 Å². The fourth-order valence-corrected chi connectivity index (χ4v) is 2.19. The molecule has 0 aliphatic carbocycles. The Morgan fingerprint density at radius 1 is 1.11 bits per heavy atom. The summed E-state index contributed by atoms with van der Waals surface area (Å²) in [7, 11) is 0. The van der Waals surface area contributed by atoms with Crippen LogP contribution in [0.2, 0.25) is 0 Å². The Kier molecular flexibility index (Phi) is 5.19. The standard InChI is InChI=1S/C16H16BrNO/c17-15-11-13(7-4-10-18)8-9-16(15)19-12-14-5-2-1-3-6-14/h1-9,11H,10,12,18H2/b7-4+. The largest absolute Gasteiger partial charge is 0.488 e. The first-order valence-electron chi connectivity index (χ1n) is 6.12. The third kappa shape index (κ3) is 4.23. The second-order valence-corrected chi connectivity index (χ2v) is 4.96. The normalized spacial score (nSPS) is 10.8. The highest BCUT2D eigenvalue weighted by molar-refractivity contribution is 9.10. The molecule has 0 radical (unpaired) electrons. The van der Waals surface area contributed by atoms with Crippen molar-refractivity contribution < 1.29 is 4.74 Å². The highest BCUT2D eigenvalue weighted by Gasteiger charge is 2.02. The Hall–Kier alpha value is -1.58. The lowest BCUT2D eigenvalue weighted by molar-refractivity contribution is 0.304. The van der Waals surface area contributed by atoms with Crippen molar-refractivity contribution in [3.05, 3.63) is 70.2 Å². The SMILES string of the molecule is NC/C=C/c1ccc(OCc2ccccc2)c(Br)c1. The number of benzene rings is 2. The van der Waals surface area contributed by atoms with Crippen molar-refractivity contribution in [1.29, 1.82) is 0 Å². The predicted octanol–water partition coefficient (Wildman–Crippen LogP) is 4.00. The van der Waals surface area contributed by atoms with Crippen LogP contribution in [0.3, 0.4) is 0 Å². The zero-order valence-corrected chi connectivity index (χ0v) is 12.1. The summed E-state index contributed by atoms with van der Waals surface area (Å²) >= 11 is 3.52. The first-order chi connectivity index (χ1) is 9.29. The molecule has 0 spiro atoms. The molecule has 2 rings (SSSR count). The van der Waals surface area contributed by atoms with Crippen LogP contribution in [0.15, 0.2) is 59.1 Å². The minimum absolute atomic E-state index is 0.546. The molecule has 0 amide bonds. The minimum Gasteiger partial charge on any atom is -0.488 e. The van der Waals surface area contributed by atoms with Crippen LogP contribution in [0.25, 0.3) is 6.08 Å². The van der Waals surface area contributed by atoms with Gasteiger partial charge in [-0.3, -0.25) is 0 Å². The lowest BCUT2D eigenvalue weighted by Crippen LogP contribution is -1.96. The zero-order chi connectivity index (χ0) is 13.5. The van der Waals surface area contributed by atoms with E-state index < -0.39 is 0 Å². The van der Waals surface area contributed by atoms with Crippen molar-refractivity contribution in [1.82, 2.24) is 0 Å². The lowest BCUT2D eigenvalue weighted by atomic mass is 10.2. The van der Waals surface area contributed by atoms with Crippen molar-refractivity contribution >= 4 is 22.0 Å². The van der Waals surface area contributed by atoms with Crippen molar-refractivity contribution in [3.63, 3.8) is 0 Å². The highest BCUT2D eigenvalue weighted by atomic mass is 79.9. The van der Waals surface area contributed by atoms with E-state index in [2.05, 4.69) is 15.9 Å². The molecule has 3 heteroatoms. The van der Waals surface area contributed by atoms with Gasteiger partial charge in [-0.05, 0) is 39.2 Å². The molecule has 0 aliphatic heterocycles.